The van der Waals surface area contributed by atoms with Gasteiger partial charge in [-0.15, -0.1) is 0 Å². The molecule has 2 rings (SSSR count). The van der Waals surface area contributed by atoms with Crippen molar-refractivity contribution in [1.29, 1.82) is 0 Å². The highest BCUT2D eigenvalue weighted by atomic mass is 16.3. The van der Waals surface area contributed by atoms with Crippen molar-refractivity contribution in [3.8, 4) is 0 Å². The Hall–Kier alpha value is -0.900. The van der Waals surface area contributed by atoms with Crippen molar-refractivity contribution in [3.05, 3.63) is 34.9 Å². The summed E-state index contributed by atoms with van der Waals surface area (Å²) in [6.45, 7) is 16.0. The Morgan fingerprint density at radius 1 is 1.10 bits per heavy atom. The number of aliphatic hydroxyl groups excluding tert-OH is 1. The number of aliphatic hydroxyl groups is 1. The first-order valence-corrected chi connectivity index (χ1v) is 8.00. The molecule has 1 unspecified atom stereocenters. The molecule has 1 aliphatic heterocycles. The minimum atomic E-state index is -0.383. The van der Waals surface area contributed by atoms with Crippen molar-refractivity contribution in [1.82, 2.24) is 9.80 Å². The first-order chi connectivity index (χ1) is 9.77. The number of nitrogens with zero attached hydrogens (tertiary/aromatic N) is 2. The van der Waals surface area contributed by atoms with Crippen LogP contribution in [-0.4, -0.2) is 53.2 Å². The molecule has 3 nitrogen and oxygen atoms in total. The fourth-order valence-corrected chi connectivity index (χ4v) is 3.06. The van der Waals surface area contributed by atoms with E-state index in [1.54, 1.807) is 0 Å². The van der Waals surface area contributed by atoms with Crippen LogP contribution in [0.4, 0.5) is 0 Å². The minimum Gasteiger partial charge on any atom is -0.387 e. The molecule has 1 aromatic rings. The van der Waals surface area contributed by atoms with E-state index >= 15 is 0 Å². The summed E-state index contributed by atoms with van der Waals surface area (Å²) in [5.74, 6) is 0. The Morgan fingerprint density at radius 3 is 2.29 bits per heavy atom. The van der Waals surface area contributed by atoms with Crippen LogP contribution in [-0.2, 0) is 0 Å². The number of piperazine rings is 1. The highest BCUT2D eigenvalue weighted by Crippen LogP contribution is 2.22. The van der Waals surface area contributed by atoms with Crippen molar-refractivity contribution >= 4 is 0 Å². The van der Waals surface area contributed by atoms with Crippen molar-refractivity contribution in [3.63, 3.8) is 0 Å². The van der Waals surface area contributed by atoms with Crippen molar-refractivity contribution in [2.24, 2.45) is 0 Å². The van der Waals surface area contributed by atoms with Crippen molar-refractivity contribution < 1.29 is 5.11 Å². The van der Waals surface area contributed by atoms with Gasteiger partial charge in [0.05, 0.1) is 6.10 Å². The second-order valence-corrected chi connectivity index (χ2v) is 7.33. The molecule has 0 saturated carbocycles. The van der Waals surface area contributed by atoms with Crippen LogP contribution >= 0.6 is 0 Å². The molecule has 0 aromatic heterocycles. The smallest absolute Gasteiger partial charge is 0.0919 e. The van der Waals surface area contributed by atoms with E-state index in [0.29, 0.717) is 0 Å². The Labute approximate surface area is 129 Å². The van der Waals surface area contributed by atoms with Gasteiger partial charge in [0.25, 0.3) is 0 Å². The molecule has 0 amide bonds. The Morgan fingerprint density at radius 2 is 1.71 bits per heavy atom. The lowest BCUT2D eigenvalue weighted by molar-refractivity contribution is 0.0361. The molecule has 0 radical (unpaired) electrons. The summed E-state index contributed by atoms with van der Waals surface area (Å²) in [6.07, 6.45) is -0.383. The maximum absolute atomic E-state index is 10.5. The van der Waals surface area contributed by atoms with Crippen LogP contribution in [0.2, 0.25) is 0 Å². The molecule has 1 aliphatic rings. The van der Waals surface area contributed by atoms with Gasteiger partial charge in [-0.3, -0.25) is 9.80 Å². The summed E-state index contributed by atoms with van der Waals surface area (Å²) in [5, 5.41) is 10.5. The van der Waals surface area contributed by atoms with E-state index in [9.17, 15) is 5.11 Å². The molecule has 0 aliphatic carbocycles. The highest BCUT2D eigenvalue weighted by molar-refractivity contribution is 5.32. The van der Waals surface area contributed by atoms with E-state index in [1.165, 1.54) is 11.1 Å². The first kappa shape index (κ1) is 16.5. The normalized spacial score (nSPS) is 19.7. The molecule has 1 fully saturated rings. The number of hydrogen-bond donors (Lipinski definition) is 1. The predicted molar refractivity (Wildman–Crippen MR) is 88.6 cm³/mol. The maximum atomic E-state index is 10.5. The lowest BCUT2D eigenvalue weighted by Crippen LogP contribution is -2.53. The summed E-state index contributed by atoms with van der Waals surface area (Å²) in [7, 11) is 0. The van der Waals surface area contributed by atoms with Crippen LogP contribution in [0.25, 0.3) is 0 Å². The highest BCUT2D eigenvalue weighted by Gasteiger charge is 2.26. The van der Waals surface area contributed by atoms with Gasteiger partial charge < -0.3 is 5.11 Å². The van der Waals surface area contributed by atoms with Gasteiger partial charge in [-0.1, -0.05) is 23.8 Å². The zero-order chi connectivity index (χ0) is 15.6. The van der Waals surface area contributed by atoms with Gasteiger partial charge in [-0.25, -0.2) is 0 Å². The number of aryl methyl sites for hydroxylation is 2. The molecule has 1 N–H and O–H groups in total. The summed E-state index contributed by atoms with van der Waals surface area (Å²) in [6, 6.07) is 6.32. The van der Waals surface area contributed by atoms with E-state index in [1.807, 2.05) is 0 Å². The fraction of sp³-hybridized carbons (Fsp3) is 0.667. The number of benzene rings is 1. The predicted octanol–water partition coefficient (Wildman–Crippen LogP) is 2.75. The van der Waals surface area contributed by atoms with Crippen LogP contribution in [0.3, 0.4) is 0 Å². The third-order valence-electron chi connectivity index (χ3n) is 4.55. The average Bonchev–Trinajstić information content (AvgIpc) is 2.41. The van der Waals surface area contributed by atoms with Gasteiger partial charge in [0.1, 0.15) is 0 Å². The maximum Gasteiger partial charge on any atom is 0.0919 e. The molecule has 21 heavy (non-hydrogen) atoms. The standard InChI is InChI=1S/C18H30N2O/c1-14-6-7-15(2)16(12-14)17(21)13-19-8-10-20(11-9-19)18(3,4)5/h6-7,12,17,21H,8-11,13H2,1-5H3. The number of rotatable bonds is 3. The topological polar surface area (TPSA) is 26.7 Å². The van der Waals surface area contributed by atoms with Crippen LogP contribution < -0.4 is 0 Å². The van der Waals surface area contributed by atoms with Gasteiger partial charge in [0, 0.05) is 38.3 Å². The van der Waals surface area contributed by atoms with E-state index in [2.05, 4.69) is 62.6 Å². The first-order valence-electron chi connectivity index (χ1n) is 8.00. The second kappa shape index (κ2) is 6.47. The molecular formula is C18H30N2O. The molecule has 1 atom stereocenters. The Bertz CT molecular complexity index is 471. The molecule has 0 bridgehead atoms. The molecule has 1 saturated heterocycles. The summed E-state index contributed by atoms with van der Waals surface area (Å²) in [5.41, 5.74) is 3.72. The van der Waals surface area contributed by atoms with Crippen LogP contribution in [0.5, 0.6) is 0 Å². The number of β-amino-alcohol motifs (C(OH)–C–C–N with tert-alkyl or cyclic N) is 1. The molecule has 1 heterocycles. The minimum absolute atomic E-state index is 0.248. The van der Waals surface area contributed by atoms with Crippen LogP contribution in [0.1, 0.15) is 43.6 Å². The van der Waals surface area contributed by atoms with E-state index in [4.69, 9.17) is 0 Å². The third-order valence-corrected chi connectivity index (χ3v) is 4.55. The average molecular weight is 290 g/mol. The monoisotopic (exact) mass is 290 g/mol. The lowest BCUT2D eigenvalue weighted by Gasteiger charge is -2.42. The molecule has 3 heteroatoms. The molecule has 118 valence electrons. The second-order valence-electron chi connectivity index (χ2n) is 7.33. The van der Waals surface area contributed by atoms with Gasteiger partial charge >= 0.3 is 0 Å². The summed E-state index contributed by atoms with van der Waals surface area (Å²) in [4.78, 5) is 4.91. The molecule has 0 spiro atoms. The van der Waals surface area contributed by atoms with E-state index in [-0.39, 0.29) is 11.6 Å². The zero-order valence-corrected chi connectivity index (χ0v) is 14.2. The van der Waals surface area contributed by atoms with E-state index < -0.39 is 0 Å². The Kier molecular flexibility index (Phi) is 5.07. The largest absolute Gasteiger partial charge is 0.387 e. The molecular weight excluding hydrogens is 260 g/mol. The van der Waals surface area contributed by atoms with Crippen LogP contribution in [0.15, 0.2) is 18.2 Å². The third kappa shape index (κ3) is 4.29. The lowest BCUT2D eigenvalue weighted by atomic mass is 10.00. The quantitative estimate of drug-likeness (QED) is 0.927. The zero-order valence-electron chi connectivity index (χ0n) is 14.2. The van der Waals surface area contributed by atoms with Gasteiger partial charge in [-0.05, 0) is 45.7 Å². The SMILES string of the molecule is Cc1ccc(C)c(C(O)CN2CCN(C(C)(C)C)CC2)c1. The van der Waals surface area contributed by atoms with Gasteiger partial charge in [0.2, 0.25) is 0 Å². The Balaban J connectivity index is 1.93. The van der Waals surface area contributed by atoms with Gasteiger partial charge in [0.15, 0.2) is 0 Å². The number of hydrogen-bond acceptors (Lipinski definition) is 3. The van der Waals surface area contributed by atoms with Gasteiger partial charge in [-0.2, -0.15) is 0 Å². The molecule has 1 aromatic carbocycles. The summed E-state index contributed by atoms with van der Waals surface area (Å²) < 4.78 is 0. The van der Waals surface area contributed by atoms with Crippen molar-refractivity contribution in [2.45, 2.75) is 46.3 Å². The summed E-state index contributed by atoms with van der Waals surface area (Å²) >= 11 is 0. The van der Waals surface area contributed by atoms with Crippen LogP contribution in [0, 0.1) is 13.8 Å². The van der Waals surface area contributed by atoms with E-state index in [0.717, 1.165) is 38.3 Å². The fourth-order valence-electron chi connectivity index (χ4n) is 3.06. The van der Waals surface area contributed by atoms with Crippen molar-refractivity contribution in [2.75, 3.05) is 32.7 Å².